The van der Waals surface area contributed by atoms with E-state index in [4.69, 9.17) is 0 Å². The third-order valence-corrected chi connectivity index (χ3v) is 5.10. The molecule has 6 heteroatoms. The zero-order valence-corrected chi connectivity index (χ0v) is 13.4. The van der Waals surface area contributed by atoms with Gasteiger partial charge >= 0.3 is 0 Å². The number of benzene rings is 1. The fraction of sp³-hybridized carbons (Fsp3) is 0.467. The molecule has 0 fully saturated rings. The van der Waals surface area contributed by atoms with Crippen LogP contribution in [0.1, 0.15) is 25.3 Å². The first-order chi connectivity index (χ1) is 9.93. The normalized spacial score (nSPS) is 11.8. The molecule has 0 amide bonds. The van der Waals surface area contributed by atoms with Crippen LogP contribution in [0.5, 0.6) is 0 Å². The molecule has 0 unspecified atom stereocenters. The van der Waals surface area contributed by atoms with E-state index in [1.807, 2.05) is 6.92 Å². The van der Waals surface area contributed by atoms with Crippen LogP contribution in [0.2, 0.25) is 0 Å². The summed E-state index contributed by atoms with van der Waals surface area (Å²) in [6.07, 6.45) is 3.18. The molecule has 1 rings (SSSR count). The molecular formula is C15H23FN2O2S. The zero-order valence-electron chi connectivity index (χ0n) is 12.6. The van der Waals surface area contributed by atoms with Crippen molar-refractivity contribution in [1.82, 2.24) is 9.62 Å². The lowest BCUT2D eigenvalue weighted by molar-refractivity contribution is 0.461. The Bertz CT molecular complexity index is 573. The van der Waals surface area contributed by atoms with E-state index in [2.05, 4.69) is 11.9 Å². The molecule has 0 aliphatic carbocycles. The van der Waals surface area contributed by atoms with Gasteiger partial charge in [0.25, 0.3) is 0 Å². The molecule has 0 radical (unpaired) electrons. The number of nitrogens with one attached hydrogen (secondary N) is 1. The van der Waals surface area contributed by atoms with Gasteiger partial charge in [-0.3, -0.25) is 0 Å². The van der Waals surface area contributed by atoms with Crippen molar-refractivity contribution < 1.29 is 12.8 Å². The lowest BCUT2D eigenvalue weighted by Gasteiger charge is -2.19. The molecular weight excluding hydrogens is 291 g/mol. The lowest BCUT2D eigenvalue weighted by Crippen LogP contribution is -2.29. The van der Waals surface area contributed by atoms with E-state index in [-0.39, 0.29) is 4.90 Å². The Hall–Kier alpha value is -1.24. The zero-order chi connectivity index (χ0) is 15.9. The number of halogens is 1. The number of hydrogen-bond donors (Lipinski definition) is 1. The van der Waals surface area contributed by atoms with Crippen molar-refractivity contribution in [3.05, 3.63) is 42.2 Å². The second-order valence-corrected chi connectivity index (χ2v) is 6.80. The van der Waals surface area contributed by atoms with Gasteiger partial charge in [-0.25, -0.2) is 17.1 Å². The molecule has 0 heterocycles. The molecule has 0 aromatic heterocycles. The number of allylic oxidation sites excluding steroid dienone is 1. The highest BCUT2D eigenvalue weighted by Gasteiger charge is 2.24. The predicted octanol–water partition coefficient (Wildman–Crippen LogP) is 2.52. The minimum absolute atomic E-state index is 0.0320. The van der Waals surface area contributed by atoms with Crippen molar-refractivity contribution in [2.75, 3.05) is 20.1 Å². The van der Waals surface area contributed by atoms with Crippen molar-refractivity contribution in [1.29, 1.82) is 0 Å². The first-order valence-corrected chi connectivity index (χ1v) is 8.43. The molecule has 1 aromatic rings. The number of rotatable bonds is 9. The molecule has 0 aliphatic heterocycles. The molecule has 0 spiro atoms. The van der Waals surface area contributed by atoms with Crippen molar-refractivity contribution >= 4 is 10.0 Å². The minimum atomic E-state index is -3.68. The van der Waals surface area contributed by atoms with Gasteiger partial charge in [0.15, 0.2) is 0 Å². The standard InChI is InChI=1S/C15H23FN2O2S/c1-4-6-7-10-18(3)21(19,20)15-11-14(16)9-8-13(15)12-17-5-2/h4,8-9,11,17H,1,5-7,10,12H2,2-3H3. The van der Waals surface area contributed by atoms with Crippen molar-refractivity contribution in [3.63, 3.8) is 0 Å². The maximum absolute atomic E-state index is 13.5. The average Bonchev–Trinajstić information content (AvgIpc) is 2.46. The van der Waals surface area contributed by atoms with Gasteiger partial charge in [-0.1, -0.05) is 19.1 Å². The van der Waals surface area contributed by atoms with Gasteiger partial charge in [0.05, 0.1) is 4.90 Å². The van der Waals surface area contributed by atoms with Crippen LogP contribution in [0.4, 0.5) is 4.39 Å². The van der Waals surface area contributed by atoms with Crippen LogP contribution in [-0.4, -0.2) is 32.9 Å². The summed E-state index contributed by atoms with van der Waals surface area (Å²) in [5.74, 6) is -0.548. The van der Waals surface area contributed by atoms with Crippen LogP contribution in [0, 0.1) is 5.82 Å². The van der Waals surface area contributed by atoms with E-state index in [9.17, 15) is 12.8 Å². The first-order valence-electron chi connectivity index (χ1n) is 6.99. The number of sulfonamides is 1. The summed E-state index contributed by atoms with van der Waals surface area (Å²) < 4.78 is 39.9. The summed E-state index contributed by atoms with van der Waals surface area (Å²) >= 11 is 0. The third-order valence-electron chi connectivity index (χ3n) is 3.16. The molecule has 4 nitrogen and oxygen atoms in total. The Balaban J connectivity index is 3.04. The number of nitrogens with zero attached hydrogens (tertiary/aromatic N) is 1. The second kappa shape index (κ2) is 8.26. The van der Waals surface area contributed by atoms with Crippen molar-refractivity contribution in [2.45, 2.75) is 31.2 Å². The van der Waals surface area contributed by atoms with Gasteiger partial charge in [0, 0.05) is 20.1 Å². The van der Waals surface area contributed by atoms with Gasteiger partial charge in [0.2, 0.25) is 10.0 Å². The molecule has 0 atom stereocenters. The van der Waals surface area contributed by atoms with Gasteiger partial charge in [0.1, 0.15) is 5.82 Å². The van der Waals surface area contributed by atoms with Crippen LogP contribution >= 0.6 is 0 Å². The number of unbranched alkanes of at least 4 members (excludes halogenated alkanes) is 1. The van der Waals surface area contributed by atoms with Gasteiger partial charge < -0.3 is 5.32 Å². The highest BCUT2D eigenvalue weighted by atomic mass is 32.2. The minimum Gasteiger partial charge on any atom is -0.313 e. The van der Waals surface area contributed by atoms with E-state index in [0.717, 1.165) is 12.5 Å². The number of hydrogen-bond acceptors (Lipinski definition) is 3. The lowest BCUT2D eigenvalue weighted by atomic mass is 10.2. The molecule has 1 aromatic carbocycles. The average molecular weight is 314 g/mol. The Kier molecular flexibility index (Phi) is 7.01. The molecule has 0 bridgehead atoms. The smallest absolute Gasteiger partial charge is 0.243 e. The molecule has 118 valence electrons. The summed E-state index contributed by atoms with van der Waals surface area (Å²) in [4.78, 5) is 0.0320. The SMILES string of the molecule is C=CCCCN(C)S(=O)(=O)c1cc(F)ccc1CNCC. The topological polar surface area (TPSA) is 49.4 Å². The monoisotopic (exact) mass is 314 g/mol. The largest absolute Gasteiger partial charge is 0.313 e. The first kappa shape index (κ1) is 17.8. The molecule has 0 saturated carbocycles. The Morgan fingerprint density at radius 2 is 2.14 bits per heavy atom. The van der Waals surface area contributed by atoms with E-state index in [1.54, 1.807) is 6.08 Å². The summed E-state index contributed by atoms with van der Waals surface area (Å²) in [7, 11) is -2.17. The van der Waals surface area contributed by atoms with Crippen molar-refractivity contribution in [3.8, 4) is 0 Å². The fourth-order valence-electron chi connectivity index (χ4n) is 1.92. The highest BCUT2D eigenvalue weighted by Crippen LogP contribution is 2.21. The van der Waals surface area contributed by atoms with E-state index >= 15 is 0 Å². The Morgan fingerprint density at radius 1 is 1.43 bits per heavy atom. The maximum Gasteiger partial charge on any atom is 0.243 e. The van der Waals surface area contributed by atoms with Gasteiger partial charge in [-0.05, 0) is 37.1 Å². The van der Waals surface area contributed by atoms with Crippen LogP contribution in [-0.2, 0) is 16.6 Å². The summed E-state index contributed by atoms with van der Waals surface area (Å²) in [6, 6.07) is 3.89. The van der Waals surface area contributed by atoms with E-state index in [1.165, 1.54) is 23.5 Å². The summed E-state index contributed by atoms with van der Waals surface area (Å²) in [6.45, 7) is 7.03. The molecule has 1 N–H and O–H groups in total. The molecule has 21 heavy (non-hydrogen) atoms. The maximum atomic E-state index is 13.5. The Morgan fingerprint density at radius 3 is 2.76 bits per heavy atom. The highest BCUT2D eigenvalue weighted by molar-refractivity contribution is 7.89. The summed E-state index contributed by atoms with van der Waals surface area (Å²) in [5, 5.41) is 3.07. The van der Waals surface area contributed by atoms with Crippen LogP contribution < -0.4 is 5.32 Å². The second-order valence-electron chi connectivity index (χ2n) is 4.79. The predicted molar refractivity (Wildman–Crippen MR) is 83.0 cm³/mol. The Labute approximate surface area is 126 Å². The van der Waals surface area contributed by atoms with Crippen molar-refractivity contribution in [2.24, 2.45) is 0 Å². The molecule has 0 saturated heterocycles. The quantitative estimate of drug-likeness (QED) is 0.563. The van der Waals surface area contributed by atoms with Crippen LogP contribution in [0.15, 0.2) is 35.7 Å². The van der Waals surface area contributed by atoms with Crippen LogP contribution in [0.3, 0.4) is 0 Å². The fourth-order valence-corrected chi connectivity index (χ4v) is 3.36. The van der Waals surface area contributed by atoms with Gasteiger partial charge in [-0.2, -0.15) is 0 Å². The van der Waals surface area contributed by atoms with E-state index < -0.39 is 15.8 Å². The molecule has 0 aliphatic rings. The van der Waals surface area contributed by atoms with Crippen LogP contribution in [0.25, 0.3) is 0 Å². The third kappa shape index (κ3) is 4.91. The summed E-state index contributed by atoms with van der Waals surface area (Å²) in [5.41, 5.74) is 0.578. The van der Waals surface area contributed by atoms with Gasteiger partial charge in [-0.15, -0.1) is 6.58 Å². The van der Waals surface area contributed by atoms with E-state index in [0.29, 0.717) is 31.6 Å².